The summed E-state index contributed by atoms with van der Waals surface area (Å²) in [5, 5.41) is 8.31. The van der Waals surface area contributed by atoms with Crippen LogP contribution in [-0.4, -0.2) is 35.1 Å². The molecule has 112 valence electrons. The van der Waals surface area contributed by atoms with Gasteiger partial charge in [0.1, 0.15) is 0 Å². The van der Waals surface area contributed by atoms with Crippen LogP contribution in [0.25, 0.3) is 0 Å². The van der Waals surface area contributed by atoms with Crippen LogP contribution < -0.4 is 5.32 Å². The molecule has 0 amide bonds. The van der Waals surface area contributed by atoms with E-state index in [9.17, 15) is 0 Å². The Morgan fingerprint density at radius 2 is 2.15 bits per heavy atom. The molecule has 1 atom stereocenters. The van der Waals surface area contributed by atoms with Crippen LogP contribution >= 0.6 is 0 Å². The number of aromatic nitrogens is 2. The van der Waals surface area contributed by atoms with E-state index in [2.05, 4.69) is 23.8 Å². The van der Waals surface area contributed by atoms with Gasteiger partial charge in [-0.2, -0.15) is 5.10 Å². The number of aryl methyl sites for hydroxylation is 2. The maximum Gasteiger partial charge on any atom is 0.0628 e. The molecule has 0 radical (unpaired) electrons. The molecule has 1 aromatic rings. The molecule has 1 aliphatic carbocycles. The van der Waals surface area contributed by atoms with E-state index in [0.29, 0.717) is 6.10 Å². The maximum atomic E-state index is 5.70. The molecule has 0 spiro atoms. The molecule has 20 heavy (non-hydrogen) atoms. The van der Waals surface area contributed by atoms with Crippen molar-refractivity contribution in [1.29, 1.82) is 0 Å². The first kappa shape index (κ1) is 14.1. The minimum absolute atomic E-state index is 0.457. The summed E-state index contributed by atoms with van der Waals surface area (Å²) in [5.74, 6) is 0. The maximum absolute atomic E-state index is 5.70. The Kier molecular flexibility index (Phi) is 4.41. The van der Waals surface area contributed by atoms with Crippen LogP contribution in [0.2, 0.25) is 0 Å². The van der Waals surface area contributed by atoms with E-state index < -0.39 is 0 Å². The Morgan fingerprint density at radius 1 is 1.30 bits per heavy atom. The Labute approximate surface area is 121 Å². The van der Waals surface area contributed by atoms with Crippen molar-refractivity contribution in [3.8, 4) is 0 Å². The van der Waals surface area contributed by atoms with Gasteiger partial charge in [-0.3, -0.25) is 4.68 Å². The number of nitrogens with one attached hydrogen (secondary N) is 1. The summed E-state index contributed by atoms with van der Waals surface area (Å²) in [6, 6.07) is 0.796. The van der Waals surface area contributed by atoms with E-state index in [-0.39, 0.29) is 0 Å². The molecule has 1 unspecified atom stereocenters. The first-order valence-electron chi connectivity index (χ1n) is 8.12. The van der Waals surface area contributed by atoms with E-state index in [1.807, 2.05) is 0 Å². The molecule has 0 bridgehead atoms. The van der Waals surface area contributed by atoms with Crippen molar-refractivity contribution < 1.29 is 4.74 Å². The van der Waals surface area contributed by atoms with Crippen LogP contribution in [0.15, 0.2) is 0 Å². The predicted octanol–water partition coefficient (Wildman–Crippen LogP) is 2.36. The highest BCUT2D eigenvalue weighted by atomic mass is 16.5. The van der Waals surface area contributed by atoms with Crippen LogP contribution in [0.5, 0.6) is 0 Å². The van der Waals surface area contributed by atoms with Gasteiger partial charge in [-0.05, 0) is 64.5 Å². The van der Waals surface area contributed by atoms with Crippen molar-refractivity contribution in [3.63, 3.8) is 0 Å². The fourth-order valence-electron chi connectivity index (χ4n) is 3.14. The molecule has 1 N–H and O–H groups in total. The molecular weight excluding hydrogens is 250 g/mol. The van der Waals surface area contributed by atoms with Gasteiger partial charge in [0.15, 0.2) is 0 Å². The number of hydrogen-bond donors (Lipinski definition) is 1. The lowest BCUT2D eigenvalue weighted by Gasteiger charge is -2.10. The fraction of sp³-hybridized carbons (Fsp3) is 0.812. The van der Waals surface area contributed by atoms with Crippen molar-refractivity contribution in [1.82, 2.24) is 15.1 Å². The summed E-state index contributed by atoms with van der Waals surface area (Å²) < 4.78 is 7.88. The molecule has 2 aliphatic rings. The Hall–Kier alpha value is -0.870. The standard InChI is InChI=1S/C16H27N3O/c1-12-16(7-9-17-14-5-6-14)13(2)19(18-12)10-8-15-4-3-11-20-15/h14-15,17H,3-11H2,1-2H3. The third-order valence-corrected chi connectivity index (χ3v) is 4.60. The van der Waals surface area contributed by atoms with Crippen LogP contribution in [0.4, 0.5) is 0 Å². The molecule has 2 heterocycles. The molecular formula is C16H27N3O. The van der Waals surface area contributed by atoms with Gasteiger partial charge in [-0.15, -0.1) is 0 Å². The molecule has 3 rings (SSSR count). The Morgan fingerprint density at radius 3 is 2.85 bits per heavy atom. The first-order valence-corrected chi connectivity index (χ1v) is 8.12. The van der Waals surface area contributed by atoms with Crippen LogP contribution in [-0.2, 0) is 17.7 Å². The first-order chi connectivity index (χ1) is 9.74. The average Bonchev–Trinajstić information content (AvgIpc) is 3.03. The van der Waals surface area contributed by atoms with Gasteiger partial charge in [0.25, 0.3) is 0 Å². The van der Waals surface area contributed by atoms with Crippen molar-refractivity contribution >= 4 is 0 Å². The minimum atomic E-state index is 0.457. The zero-order valence-electron chi connectivity index (χ0n) is 12.8. The second kappa shape index (κ2) is 6.27. The lowest BCUT2D eigenvalue weighted by molar-refractivity contribution is 0.0992. The number of hydrogen-bond acceptors (Lipinski definition) is 3. The molecule has 2 fully saturated rings. The van der Waals surface area contributed by atoms with E-state index >= 15 is 0 Å². The van der Waals surface area contributed by atoms with Crippen molar-refractivity contribution in [3.05, 3.63) is 17.0 Å². The molecule has 1 saturated heterocycles. The van der Waals surface area contributed by atoms with Gasteiger partial charge >= 0.3 is 0 Å². The van der Waals surface area contributed by atoms with Crippen LogP contribution in [0.3, 0.4) is 0 Å². The van der Waals surface area contributed by atoms with Gasteiger partial charge in [0, 0.05) is 24.9 Å². The summed E-state index contributed by atoms with van der Waals surface area (Å²) in [5.41, 5.74) is 3.98. The SMILES string of the molecule is Cc1nn(CCC2CCCO2)c(C)c1CCNC1CC1. The smallest absolute Gasteiger partial charge is 0.0628 e. The molecule has 0 aromatic carbocycles. The van der Waals surface area contributed by atoms with E-state index in [4.69, 9.17) is 9.84 Å². The fourth-order valence-corrected chi connectivity index (χ4v) is 3.14. The molecule has 4 nitrogen and oxygen atoms in total. The highest BCUT2D eigenvalue weighted by molar-refractivity contribution is 5.24. The van der Waals surface area contributed by atoms with E-state index in [1.165, 1.54) is 42.6 Å². The Bertz CT molecular complexity index is 445. The highest BCUT2D eigenvalue weighted by Gasteiger charge is 2.21. The van der Waals surface area contributed by atoms with Gasteiger partial charge in [-0.25, -0.2) is 0 Å². The molecule has 4 heteroatoms. The van der Waals surface area contributed by atoms with Crippen molar-refractivity contribution in [2.24, 2.45) is 0 Å². The molecule has 1 saturated carbocycles. The van der Waals surface area contributed by atoms with Gasteiger partial charge in [0.2, 0.25) is 0 Å². The summed E-state index contributed by atoms with van der Waals surface area (Å²) in [6.07, 6.45) is 7.82. The topological polar surface area (TPSA) is 39.1 Å². The van der Waals surface area contributed by atoms with Gasteiger partial charge in [-0.1, -0.05) is 0 Å². The second-order valence-corrected chi connectivity index (χ2v) is 6.27. The Balaban J connectivity index is 1.53. The predicted molar refractivity (Wildman–Crippen MR) is 80.0 cm³/mol. The third kappa shape index (κ3) is 3.41. The number of nitrogens with zero attached hydrogens (tertiary/aromatic N) is 2. The zero-order chi connectivity index (χ0) is 13.9. The molecule has 1 aliphatic heterocycles. The van der Waals surface area contributed by atoms with Gasteiger partial charge < -0.3 is 10.1 Å². The summed E-state index contributed by atoms with van der Waals surface area (Å²) in [4.78, 5) is 0. The number of rotatable bonds is 7. The third-order valence-electron chi connectivity index (χ3n) is 4.60. The van der Waals surface area contributed by atoms with Crippen LogP contribution in [0, 0.1) is 13.8 Å². The summed E-state index contributed by atoms with van der Waals surface area (Å²) >= 11 is 0. The van der Waals surface area contributed by atoms with Gasteiger partial charge in [0.05, 0.1) is 11.8 Å². The van der Waals surface area contributed by atoms with Crippen LogP contribution in [0.1, 0.15) is 49.1 Å². The van der Waals surface area contributed by atoms with E-state index in [0.717, 1.165) is 38.6 Å². The quantitative estimate of drug-likeness (QED) is 0.831. The second-order valence-electron chi connectivity index (χ2n) is 6.27. The summed E-state index contributed by atoms with van der Waals surface area (Å²) in [6.45, 7) is 7.38. The highest BCUT2D eigenvalue weighted by Crippen LogP contribution is 2.20. The lowest BCUT2D eigenvalue weighted by Crippen LogP contribution is -2.19. The zero-order valence-corrected chi connectivity index (χ0v) is 12.8. The largest absolute Gasteiger partial charge is 0.378 e. The van der Waals surface area contributed by atoms with Crippen molar-refractivity contribution in [2.45, 2.75) is 71.1 Å². The summed E-state index contributed by atoms with van der Waals surface area (Å²) in [7, 11) is 0. The average molecular weight is 277 g/mol. The molecule has 1 aromatic heterocycles. The monoisotopic (exact) mass is 277 g/mol. The lowest BCUT2D eigenvalue weighted by atomic mass is 10.1. The van der Waals surface area contributed by atoms with Crippen molar-refractivity contribution in [2.75, 3.05) is 13.2 Å². The minimum Gasteiger partial charge on any atom is -0.378 e. The normalized spacial score (nSPS) is 22.6. The van der Waals surface area contributed by atoms with E-state index in [1.54, 1.807) is 0 Å². The number of ether oxygens (including phenoxy) is 1.